The van der Waals surface area contributed by atoms with Gasteiger partial charge in [-0.25, -0.2) is 4.98 Å². The smallest absolute Gasteiger partial charge is 0.246 e. The molecule has 0 saturated carbocycles. The van der Waals surface area contributed by atoms with E-state index < -0.39 is 0 Å². The lowest BCUT2D eigenvalue weighted by Gasteiger charge is -2.06. The molecule has 1 aromatic carbocycles. The van der Waals surface area contributed by atoms with Crippen LogP contribution in [0.1, 0.15) is 18.3 Å². The fourth-order valence-corrected chi connectivity index (χ4v) is 2.28. The topological polar surface area (TPSA) is 46.9 Å². The number of nitrogens with one attached hydrogen (secondary N) is 1. The van der Waals surface area contributed by atoms with Crippen molar-refractivity contribution in [3.8, 4) is 11.4 Å². The molecular formula is C18H21N3O. The van der Waals surface area contributed by atoms with Gasteiger partial charge in [-0.15, -0.1) is 6.58 Å². The van der Waals surface area contributed by atoms with Gasteiger partial charge in [-0.05, 0) is 6.92 Å². The second-order valence-electron chi connectivity index (χ2n) is 5.21. The standard InChI is InChI=1S/C18H21N3O/c1-5-9-16-15(12-19-18(22)13(2)3)20-17(21(16)4)14-10-7-6-8-11-14/h5-8,10-11H,1-2,9,12H2,3-4H3,(H,19,22). The number of nitrogens with zero attached hydrogens (tertiary/aromatic N) is 2. The fraction of sp³-hybridized carbons (Fsp3) is 0.222. The number of aromatic nitrogens is 2. The van der Waals surface area contributed by atoms with Crippen molar-refractivity contribution < 1.29 is 4.79 Å². The molecule has 114 valence electrons. The number of rotatable bonds is 6. The van der Waals surface area contributed by atoms with E-state index >= 15 is 0 Å². The first-order valence-corrected chi connectivity index (χ1v) is 7.19. The molecule has 0 spiro atoms. The molecular weight excluding hydrogens is 274 g/mol. The minimum atomic E-state index is -0.156. The van der Waals surface area contributed by atoms with E-state index in [1.807, 2.05) is 43.5 Å². The number of hydrogen-bond donors (Lipinski definition) is 1. The molecule has 0 aliphatic carbocycles. The first-order chi connectivity index (χ1) is 10.5. The summed E-state index contributed by atoms with van der Waals surface area (Å²) in [7, 11) is 1.98. The zero-order valence-electron chi connectivity index (χ0n) is 13.1. The van der Waals surface area contributed by atoms with Crippen molar-refractivity contribution in [2.45, 2.75) is 19.9 Å². The first-order valence-electron chi connectivity index (χ1n) is 7.19. The lowest BCUT2D eigenvalue weighted by atomic mass is 10.2. The summed E-state index contributed by atoms with van der Waals surface area (Å²) >= 11 is 0. The average molecular weight is 295 g/mol. The average Bonchev–Trinajstić information content (AvgIpc) is 2.83. The number of allylic oxidation sites excluding steroid dienone is 1. The molecule has 1 heterocycles. The van der Waals surface area contributed by atoms with Crippen LogP contribution in [-0.2, 0) is 24.8 Å². The van der Waals surface area contributed by atoms with Crippen molar-refractivity contribution >= 4 is 5.91 Å². The monoisotopic (exact) mass is 295 g/mol. The minimum absolute atomic E-state index is 0.156. The van der Waals surface area contributed by atoms with E-state index in [9.17, 15) is 4.79 Å². The van der Waals surface area contributed by atoms with E-state index in [2.05, 4.69) is 23.0 Å². The molecule has 1 aromatic heterocycles. The third kappa shape index (κ3) is 3.34. The SMILES string of the molecule is C=CCc1c(CNC(=O)C(=C)C)nc(-c2ccccc2)n1C. The van der Waals surface area contributed by atoms with E-state index in [0.29, 0.717) is 18.5 Å². The van der Waals surface area contributed by atoms with Crippen molar-refractivity contribution in [2.24, 2.45) is 7.05 Å². The zero-order valence-corrected chi connectivity index (χ0v) is 13.1. The Morgan fingerprint density at radius 3 is 2.64 bits per heavy atom. The quantitative estimate of drug-likeness (QED) is 0.658. The van der Waals surface area contributed by atoms with Crippen LogP contribution >= 0.6 is 0 Å². The molecule has 0 aliphatic rings. The minimum Gasteiger partial charge on any atom is -0.347 e. The highest BCUT2D eigenvalue weighted by Gasteiger charge is 2.15. The highest BCUT2D eigenvalue weighted by molar-refractivity contribution is 5.92. The van der Waals surface area contributed by atoms with E-state index in [0.717, 1.165) is 22.8 Å². The number of benzene rings is 1. The van der Waals surface area contributed by atoms with Gasteiger partial charge in [-0.1, -0.05) is 43.0 Å². The molecule has 4 nitrogen and oxygen atoms in total. The molecule has 0 fully saturated rings. The largest absolute Gasteiger partial charge is 0.347 e. The number of imidazole rings is 1. The summed E-state index contributed by atoms with van der Waals surface area (Å²) in [6.07, 6.45) is 2.55. The first kappa shape index (κ1) is 15.8. The Hall–Kier alpha value is -2.62. The van der Waals surface area contributed by atoms with E-state index in [1.165, 1.54) is 0 Å². The van der Waals surface area contributed by atoms with Crippen LogP contribution in [0.2, 0.25) is 0 Å². The number of hydrogen-bond acceptors (Lipinski definition) is 2. The fourth-order valence-electron chi connectivity index (χ4n) is 2.28. The molecule has 0 saturated heterocycles. The highest BCUT2D eigenvalue weighted by atomic mass is 16.1. The van der Waals surface area contributed by atoms with Crippen molar-refractivity contribution in [2.75, 3.05) is 0 Å². The molecule has 2 aromatic rings. The normalized spacial score (nSPS) is 10.3. The lowest BCUT2D eigenvalue weighted by Crippen LogP contribution is -2.23. The van der Waals surface area contributed by atoms with Gasteiger partial charge in [0, 0.05) is 30.3 Å². The van der Waals surface area contributed by atoms with Crippen molar-refractivity contribution in [1.29, 1.82) is 0 Å². The van der Waals surface area contributed by atoms with Crippen LogP contribution in [0.4, 0.5) is 0 Å². The maximum absolute atomic E-state index is 11.7. The van der Waals surface area contributed by atoms with Gasteiger partial charge in [-0.2, -0.15) is 0 Å². The number of carbonyl (C=O) groups excluding carboxylic acids is 1. The van der Waals surface area contributed by atoms with E-state index in [1.54, 1.807) is 6.92 Å². The Morgan fingerprint density at radius 1 is 1.36 bits per heavy atom. The summed E-state index contributed by atoms with van der Waals surface area (Å²) < 4.78 is 2.05. The molecule has 4 heteroatoms. The Balaban J connectivity index is 2.34. The highest BCUT2D eigenvalue weighted by Crippen LogP contribution is 2.22. The molecule has 1 N–H and O–H groups in total. The predicted molar refractivity (Wildman–Crippen MR) is 89.2 cm³/mol. The molecule has 0 unspecified atom stereocenters. The van der Waals surface area contributed by atoms with Crippen molar-refractivity contribution in [3.63, 3.8) is 0 Å². The molecule has 0 atom stereocenters. The second-order valence-corrected chi connectivity index (χ2v) is 5.21. The van der Waals surface area contributed by atoms with Gasteiger partial charge < -0.3 is 9.88 Å². The summed E-state index contributed by atoms with van der Waals surface area (Å²) in [5, 5.41) is 2.84. The number of carbonyl (C=O) groups is 1. The Kier molecular flexibility index (Phi) is 4.94. The van der Waals surface area contributed by atoms with Gasteiger partial charge in [0.05, 0.1) is 12.2 Å². The van der Waals surface area contributed by atoms with Crippen LogP contribution in [0.3, 0.4) is 0 Å². The molecule has 1 amide bonds. The van der Waals surface area contributed by atoms with Gasteiger partial charge in [0.1, 0.15) is 5.82 Å². The number of amides is 1. The Morgan fingerprint density at radius 2 is 2.05 bits per heavy atom. The van der Waals surface area contributed by atoms with E-state index in [-0.39, 0.29) is 5.91 Å². The Labute approximate surface area is 131 Å². The van der Waals surface area contributed by atoms with E-state index in [4.69, 9.17) is 4.98 Å². The predicted octanol–water partition coefficient (Wildman–Crippen LogP) is 3.01. The van der Waals surface area contributed by atoms with Crippen LogP contribution in [0.25, 0.3) is 11.4 Å². The summed E-state index contributed by atoms with van der Waals surface area (Å²) in [6.45, 7) is 9.52. The van der Waals surface area contributed by atoms with Crippen LogP contribution in [-0.4, -0.2) is 15.5 Å². The summed E-state index contributed by atoms with van der Waals surface area (Å²) in [6, 6.07) is 10.00. The van der Waals surface area contributed by atoms with Gasteiger partial charge in [0.25, 0.3) is 0 Å². The second kappa shape index (κ2) is 6.89. The third-order valence-corrected chi connectivity index (χ3v) is 3.47. The molecule has 22 heavy (non-hydrogen) atoms. The molecule has 0 radical (unpaired) electrons. The van der Waals surface area contributed by atoms with Crippen molar-refractivity contribution in [1.82, 2.24) is 14.9 Å². The van der Waals surface area contributed by atoms with Gasteiger partial charge in [0.2, 0.25) is 5.91 Å². The summed E-state index contributed by atoms with van der Waals surface area (Å²) in [4.78, 5) is 16.4. The van der Waals surface area contributed by atoms with Crippen LogP contribution < -0.4 is 5.32 Å². The van der Waals surface area contributed by atoms with Crippen LogP contribution in [0, 0.1) is 0 Å². The lowest BCUT2D eigenvalue weighted by molar-refractivity contribution is -0.117. The molecule has 0 bridgehead atoms. The van der Waals surface area contributed by atoms with Gasteiger partial charge in [-0.3, -0.25) is 4.79 Å². The summed E-state index contributed by atoms with van der Waals surface area (Å²) in [5.41, 5.74) is 3.45. The van der Waals surface area contributed by atoms with Crippen LogP contribution in [0.5, 0.6) is 0 Å². The third-order valence-electron chi connectivity index (χ3n) is 3.47. The maximum Gasteiger partial charge on any atom is 0.246 e. The van der Waals surface area contributed by atoms with Gasteiger partial charge >= 0.3 is 0 Å². The van der Waals surface area contributed by atoms with Gasteiger partial charge in [0.15, 0.2) is 0 Å². The maximum atomic E-state index is 11.7. The van der Waals surface area contributed by atoms with Crippen LogP contribution in [0.15, 0.2) is 55.1 Å². The summed E-state index contributed by atoms with van der Waals surface area (Å²) in [5.74, 6) is 0.730. The zero-order chi connectivity index (χ0) is 16.1. The molecule has 0 aliphatic heterocycles. The molecule has 2 rings (SSSR count). The van der Waals surface area contributed by atoms with Crippen molar-refractivity contribution in [3.05, 3.63) is 66.5 Å². The Bertz CT molecular complexity index is 699.